The Morgan fingerprint density at radius 2 is 2.12 bits per heavy atom. The van der Waals surface area contributed by atoms with Crippen molar-refractivity contribution in [1.82, 2.24) is 10.3 Å². The van der Waals surface area contributed by atoms with Crippen LogP contribution in [0.2, 0.25) is 0 Å². The van der Waals surface area contributed by atoms with Gasteiger partial charge in [-0.1, -0.05) is 23.4 Å². The molecule has 0 fully saturated rings. The van der Waals surface area contributed by atoms with Crippen molar-refractivity contribution < 1.29 is 23.9 Å². The number of nitrogens with one attached hydrogen (secondary N) is 1. The summed E-state index contributed by atoms with van der Waals surface area (Å²) in [5, 5.41) is 14.7. The number of hydrogen-bond acceptors (Lipinski definition) is 5. The second kappa shape index (κ2) is 7.61. The van der Waals surface area contributed by atoms with Gasteiger partial charge in [0.2, 0.25) is 5.95 Å². The molecule has 1 aliphatic heterocycles. The largest absolute Gasteiger partial charge is 0.489 e. The minimum absolute atomic E-state index is 0.114. The van der Waals surface area contributed by atoms with Gasteiger partial charge >= 0.3 is 6.09 Å². The molecule has 1 unspecified atom stereocenters. The second-order valence-electron chi connectivity index (χ2n) is 5.40. The lowest BCUT2D eigenvalue weighted by Gasteiger charge is -2.14. The average molecular weight is 345 g/mol. The number of aromatic nitrogens is 1. The summed E-state index contributed by atoms with van der Waals surface area (Å²) >= 11 is 0. The molecule has 0 saturated carbocycles. The normalized spacial score (nSPS) is 16.0. The average Bonchev–Trinajstić information content (AvgIpc) is 3.07. The van der Waals surface area contributed by atoms with Gasteiger partial charge in [0.15, 0.2) is 6.10 Å². The molecule has 0 spiro atoms. The zero-order valence-corrected chi connectivity index (χ0v) is 13.2. The summed E-state index contributed by atoms with van der Waals surface area (Å²) < 4.78 is 19.7. The fourth-order valence-electron chi connectivity index (χ4n) is 2.44. The van der Waals surface area contributed by atoms with E-state index in [2.05, 4.69) is 15.5 Å². The van der Waals surface area contributed by atoms with Gasteiger partial charge in [-0.05, 0) is 18.2 Å². The van der Waals surface area contributed by atoms with Crippen LogP contribution in [0.25, 0.3) is 11.1 Å². The number of pyridine rings is 1. The number of nitrogens with zero attached hydrogens (tertiary/aromatic N) is 2. The summed E-state index contributed by atoms with van der Waals surface area (Å²) in [7, 11) is 0. The van der Waals surface area contributed by atoms with Gasteiger partial charge < -0.3 is 20.0 Å². The first-order valence-electron chi connectivity index (χ1n) is 7.64. The van der Waals surface area contributed by atoms with Gasteiger partial charge in [0.05, 0.1) is 12.3 Å². The molecule has 7 nitrogen and oxygen atoms in total. The summed E-state index contributed by atoms with van der Waals surface area (Å²) in [5.74, 6) is -0.0591. The molecule has 2 aromatic rings. The van der Waals surface area contributed by atoms with Gasteiger partial charge in [0.25, 0.3) is 0 Å². The maximum absolute atomic E-state index is 13.9. The van der Waals surface area contributed by atoms with E-state index >= 15 is 0 Å². The molecule has 1 atom stereocenters. The summed E-state index contributed by atoms with van der Waals surface area (Å²) in [6.45, 7) is 0.322. The zero-order chi connectivity index (χ0) is 17.6. The maximum Gasteiger partial charge on any atom is 0.404 e. The predicted octanol–water partition coefficient (Wildman–Crippen LogP) is 2.68. The van der Waals surface area contributed by atoms with Crippen molar-refractivity contribution in [2.45, 2.75) is 12.5 Å². The number of benzene rings is 1. The van der Waals surface area contributed by atoms with Crippen molar-refractivity contribution >= 4 is 11.8 Å². The lowest BCUT2D eigenvalue weighted by Crippen LogP contribution is -2.28. The number of halogens is 1. The van der Waals surface area contributed by atoms with Crippen LogP contribution in [0, 0.1) is 5.95 Å². The maximum atomic E-state index is 13.9. The Morgan fingerprint density at radius 3 is 2.92 bits per heavy atom. The first-order valence-corrected chi connectivity index (χ1v) is 7.64. The number of ether oxygens (including phenoxy) is 1. The van der Waals surface area contributed by atoms with Crippen molar-refractivity contribution in [3.8, 4) is 16.9 Å². The van der Waals surface area contributed by atoms with Crippen molar-refractivity contribution in [1.29, 1.82) is 0 Å². The molecular formula is C17H16FN3O4. The molecule has 1 aliphatic rings. The number of para-hydroxylation sites is 1. The fourth-order valence-corrected chi connectivity index (χ4v) is 2.44. The van der Waals surface area contributed by atoms with Gasteiger partial charge in [0.1, 0.15) is 12.4 Å². The highest BCUT2D eigenvalue weighted by Gasteiger charge is 2.22. The fraction of sp³-hybridized carbons (Fsp3) is 0.235. The molecule has 2 N–H and O–H groups in total. The van der Waals surface area contributed by atoms with Crippen LogP contribution in [0.5, 0.6) is 5.75 Å². The molecule has 25 heavy (non-hydrogen) atoms. The monoisotopic (exact) mass is 345 g/mol. The number of hydrogen-bond donors (Lipinski definition) is 2. The van der Waals surface area contributed by atoms with Crippen molar-refractivity contribution in [2.24, 2.45) is 5.16 Å². The van der Waals surface area contributed by atoms with Crippen LogP contribution in [-0.4, -0.2) is 41.2 Å². The Labute approximate surface area is 143 Å². The topological polar surface area (TPSA) is 93.0 Å². The molecule has 1 aromatic heterocycles. The van der Waals surface area contributed by atoms with Crippen LogP contribution in [0.4, 0.5) is 9.18 Å². The molecule has 0 aliphatic carbocycles. The SMILES string of the molecule is O=C(O)NCC1=NOC(COc2ccccc2-c2cccnc2F)C1. The Hall–Kier alpha value is -3.16. The predicted molar refractivity (Wildman–Crippen MR) is 88.1 cm³/mol. The first kappa shape index (κ1) is 16.7. The Morgan fingerprint density at radius 1 is 1.32 bits per heavy atom. The van der Waals surface area contributed by atoms with Crippen LogP contribution < -0.4 is 10.1 Å². The van der Waals surface area contributed by atoms with E-state index in [1.807, 2.05) is 0 Å². The molecule has 0 bridgehead atoms. The van der Waals surface area contributed by atoms with E-state index in [0.717, 1.165) is 0 Å². The number of rotatable bonds is 6. The number of oxime groups is 1. The second-order valence-corrected chi connectivity index (χ2v) is 5.40. The first-order chi connectivity index (χ1) is 12.1. The third kappa shape index (κ3) is 4.23. The molecule has 8 heteroatoms. The summed E-state index contributed by atoms with van der Waals surface area (Å²) in [5.41, 5.74) is 1.55. The standard InChI is InChI=1S/C17H16FN3O4/c18-16-14(5-3-7-19-16)13-4-1-2-6-15(13)24-10-12-8-11(21-25-12)9-20-17(22)23/h1-7,12,20H,8-10H2,(H,22,23). The molecule has 130 valence electrons. The lowest BCUT2D eigenvalue weighted by molar-refractivity contribution is 0.0472. The Balaban J connectivity index is 1.62. The zero-order valence-electron chi connectivity index (χ0n) is 13.2. The van der Waals surface area contributed by atoms with Crippen molar-refractivity contribution in [2.75, 3.05) is 13.2 Å². The van der Waals surface area contributed by atoms with Gasteiger partial charge in [-0.15, -0.1) is 0 Å². The van der Waals surface area contributed by atoms with Gasteiger partial charge in [-0.3, -0.25) is 0 Å². The van der Waals surface area contributed by atoms with E-state index in [-0.39, 0.29) is 19.3 Å². The quantitative estimate of drug-likeness (QED) is 0.785. The number of carbonyl (C=O) groups is 1. The number of amides is 1. The minimum atomic E-state index is -1.12. The van der Waals surface area contributed by atoms with E-state index in [1.165, 1.54) is 6.20 Å². The van der Waals surface area contributed by atoms with Crippen LogP contribution in [0.3, 0.4) is 0 Å². The molecule has 3 rings (SSSR count). The highest BCUT2D eigenvalue weighted by molar-refractivity contribution is 5.89. The van der Waals surface area contributed by atoms with E-state index in [4.69, 9.17) is 14.7 Å². The summed E-state index contributed by atoms with van der Waals surface area (Å²) in [4.78, 5) is 19.4. The molecule has 2 heterocycles. The molecule has 0 radical (unpaired) electrons. The van der Waals surface area contributed by atoms with Crippen LogP contribution in [0.1, 0.15) is 6.42 Å². The molecule has 1 aromatic carbocycles. The lowest BCUT2D eigenvalue weighted by atomic mass is 10.1. The van der Waals surface area contributed by atoms with Crippen molar-refractivity contribution in [3.63, 3.8) is 0 Å². The molecule has 1 amide bonds. The van der Waals surface area contributed by atoms with E-state index in [1.54, 1.807) is 36.4 Å². The highest BCUT2D eigenvalue weighted by Crippen LogP contribution is 2.31. The summed E-state index contributed by atoms with van der Waals surface area (Å²) in [6, 6.07) is 10.4. The summed E-state index contributed by atoms with van der Waals surface area (Å²) in [6.07, 6.45) is 0.412. The van der Waals surface area contributed by atoms with Gasteiger partial charge in [-0.2, -0.15) is 4.39 Å². The highest BCUT2D eigenvalue weighted by atomic mass is 19.1. The van der Waals surface area contributed by atoms with Crippen LogP contribution in [0.15, 0.2) is 47.8 Å². The third-order valence-electron chi connectivity index (χ3n) is 3.60. The number of carboxylic acid groups (broad SMARTS) is 1. The minimum Gasteiger partial charge on any atom is -0.489 e. The van der Waals surface area contributed by atoms with E-state index < -0.39 is 12.0 Å². The van der Waals surface area contributed by atoms with Gasteiger partial charge in [0, 0.05) is 23.7 Å². The van der Waals surface area contributed by atoms with Crippen molar-refractivity contribution in [3.05, 3.63) is 48.5 Å². The van der Waals surface area contributed by atoms with Crippen LogP contribution in [-0.2, 0) is 4.84 Å². The Kier molecular flexibility index (Phi) is 5.08. The smallest absolute Gasteiger partial charge is 0.404 e. The third-order valence-corrected chi connectivity index (χ3v) is 3.60. The van der Waals surface area contributed by atoms with E-state index in [9.17, 15) is 9.18 Å². The van der Waals surface area contributed by atoms with Crippen LogP contribution >= 0.6 is 0 Å². The Bertz CT molecular complexity index is 797. The van der Waals surface area contributed by atoms with Gasteiger partial charge in [-0.25, -0.2) is 9.78 Å². The van der Waals surface area contributed by atoms with E-state index in [0.29, 0.717) is 29.0 Å². The molecular weight excluding hydrogens is 329 g/mol. The molecule has 0 saturated heterocycles.